The first kappa shape index (κ1) is 14.5. The SMILES string of the molecule is CC(C)N(C)CCCNc1nnnn1-c1ccccc1. The Morgan fingerprint density at radius 3 is 2.70 bits per heavy atom. The lowest BCUT2D eigenvalue weighted by Crippen LogP contribution is -2.28. The van der Waals surface area contributed by atoms with E-state index in [0.717, 1.165) is 25.2 Å². The molecule has 1 aromatic heterocycles. The molecule has 0 aliphatic carbocycles. The number of hydrogen-bond acceptors (Lipinski definition) is 5. The Bertz CT molecular complexity index is 507. The number of tetrazole rings is 1. The summed E-state index contributed by atoms with van der Waals surface area (Å²) < 4.78 is 1.71. The van der Waals surface area contributed by atoms with Gasteiger partial charge in [-0.15, -0.1) is 0 Å². The largest absolute Gasteiger partial charge is 0.353 e. The van der Waals surface area contributed by atoms with Crippen molar-refractivity contribution in [2.24, 2.45) is 0 Å². The second-order valence-electron chi connectivity index (χ2n) is 5.10. The van der Waals surface area contributed by atoms with Crippen LogP contribution in [0.5, 0.6) is 0 Å². The van der Waals surface area contributed by atoms with Gasteiger partial charge in [-0.05, 0) is 56.4 Å². The molecular formula is C14H22N6. The maximum Gasteiger partial charge on any atom is 0.247 e. The highest BCUT2D eigenvalue weighted by Crippen LogP contribution is 2.10. The van der Waals surface area contributed by atoms with Crippen molar-refractivity contribution >= 4 is 5.95 Å². The average molecular weight is 274 g/mol. The molecule has 0 amide bonds. The predicted octanol–water partition coefficient (Wildman–Crippen LogP) is 1.80. The van der Waals surface area contributed by atoms with Gasteiger partial charge >= 0.3 is 0 Å². The van der Waals surface area contributed by atoms with Gasteiger partial charge in [-0.3, -0.25) is 0 Å². The van der Waals surface area contributed by atoms with Crippen molar-refractivity contribution in [1.82, 2.24) is 25.1 Å². The van der Waals surface area contributed by atoms with Gasteiger partial charge in [-0.25, -0.2) is 0 Å². The van der Waals surface area contributed by atoms with E-state index in [2.05, 4.69) is 46.6 Å². The van der Waals surface area contributed by atoms with Crippen LogP contribution in [0.1, 0.15) is 20.3 Å². The van der Waals surface area contributed by atoms with Crippen LogP contribution in [0.3, 0.4) is 0 Å². The molecule has 0 saturated carbocycles. The Kier molecular flexibility index (Phi) is 5.06. The maximum absolute atomic E-state index is 4.02. The van der Waals surface area contributed by atoms with Gasteiger partial charge in [0.1, 0.15) is 0 Å². The second-order valence-corrected chi connectivity index (χ2v) is 5.10. The lowest BCUT2D eigenvalue weighted by atomic mass is 10.3. The minimum atomic E-state index is 0.574. The van der Waals surface area contributed by atoms with Gasteiger partial charge in [0.15, 0.2) is 0 Å². The zero-order valence-corrected chi connectivity index (χ0v) is 12.3. The Morgan fingerprint density at radius 1 is 1.25 bits per heavy atom. The topological polar surface area (TPSA) is 58.9 Å². The van der Waals surface area contributed by atoms with Crippen LogP contribution in [0.2, 0.25) is 0 Å². The molecule has 1 heterocycles. The molecule has 108 valence electrons. The monoisotopic (exact) mass is 274 g/mol. The summed E-state index contributed by atoms with van der Waals surface area (Å²) >= 11 is 0. The average Bonchev–Trinajstić information content (AvgIpc) is 2.92. The van der Waals surface area contributed by atoms with Crippen LogP contribution in [0.25, 0.3) is 5.69 Å². The number of nitrogens with one attached hydrogen (secondary N) is 1. The molecule has 20 heavy (non-hydrogen) atoms. The summed E-state index contributed by atoms with van der Waals surface area (Å²) in [6, 6.07) is 10.5. The number of aromatic nitrogens is 4. The molecule has 2 aromatic rings. The van der Waals surface area contributed by atoms with Crippen molar-refractivity contribution in [1.29, 1.82) is 0 Å². The molecule has 0 saturated heterocycles. The number of nitrogens with zero attached hydrogens (tertiary/aromatic N) is 5. The van der Waals surface area contributed by atoms with E-state index >= 15 is 0 Å². The number of rotatable bonds is 7. The van der Waals surface area contributed by atoms with Crippen LogP contribution in [0.4, 0.5) is 5.95 Å². The Labute approximate surface area is 119 Å². The molecule has 1 N–H and O–H groups in total. The standard InChI is InChI=1S/C14H22N6/c1-12(2)19(3)11-7-10-15-14-16-17-18-20(14)13-8-5-4-6-9-13/h4-6,8-9,12H,7,10-11H2,1-3H3,(H,15,16,18). The lowest BCUT2D eigenvalue weighted by Gasteiger charge is -2.20. The van der Waals surface area contributed by atoms with Crippen LogP contribution in [-0.2, 0) is 0 Å². The highest BCUT2D eigenvalue weighted by Gasteiger charge is 2.07. The fourth-order valence-corrected chi connectivity index (χ4v) is 1.83. The van der Waals surface area contributed by atoms with Gasteiger partial charge in [-0.2, -0.15) is 4.68 Å². The third-order valence-corrected chi connectivity index (χ3v) is 3.32. The van der Waals surface area contributed by atoms with Crippen LogP contribution in [-0.4, -0.2) is 51.3 Å². The molecule has 0 bridgehead atoms. The van der Waals surface area contributed by atoms with E-state index in [9.17, 15) is 0 Å². The molecule has 0 aliphatic rings. The number of anilines is 1. The van der Waals surface area contributed by atoms with E-state index in [1.807, 2.05) is 30.3 Å². The fourth-order valence-electron chi connectivity index (χ4n) is 1.83. The zero-order chi connectivity index (χ0) is 14.4. The van der Waals surface area contributed by atoms with Gasteiger partial charge in [0.25, 0.3) is 0 Å². The normalized spacial score (nSPS) is 11.2. The van der Waals surface area contributed by atoms with E-state index in [0.29, 0.717) is 12.0 Å². The van der Waals surface area contributed by atoms with E-state index in [1.54, 1.807) is 4.68 Å². The van der Waals surface area contributed by atoms with Crippen molar-refractivity contribution in [2.45, 2.75) is 26.3 Å². The summed E-state index contributed by atoms with van der Waals surface area (Å²) in [5, 5.41) is 15.0. The summed E-state index contributed by atoms with van der Waals surface area (Å²) in [6.45, 7) is 6.30. The molecular weight excluding hydrogens is 252 g/mol. The molecule has 0 radical (unpaired) electrons. The number of hydrogen-bond donors (Lipinski definition) is 1. The third kappa shape index (κ3) is 3.77. The van der Waals surface area contributed by atoms with Gasteiger partial charge in [-0.1, -0.05) is 23.3 Å². The molecule has 0 atom stereocenters. The molecule has 6 heteroatoms. The minimum absolute atomic E-state index is 0.574. The number of para-hydroxylation sites is 1. The number of benzene rings is 1. The van der Waals surface area contributed by atoms with Crippen molar-refractivity contribution in [3.63, 3.8) is 0 Å². The Morgan fingerprint density at radius 2 is 2.00 bits per heavy atom. The van der Waals surface area contributed by atoms with Crippen LogP contribution in [0.15, 0.2) is 30.3 Å². The quantitative estimate of drug-likeness (QED) is 0.780. The highest BCUT2D eigenvalue weighted by molar-refractivity contribution is 5.38. The fraction of sp³-hybridized carbons (Fsp3) is 0.500. The Balaban J connectivity index is 1.87. The van der Waals surface area contributed by atoms with Gasteiger partial charge < -0.3 is 10.2 Å². The predicted molar refractivity (Wildman–Crippen MR) is 80.0 cm³/mol. The van der Waals surface area contributed by atoms with E-state index < -0.39 is 0 Å². The molecule has 6 nitrogen and oxygen atoms in total. The molecule has 1 aromatic carbocycles. The molecule has 2 rings (SSSR count). The summed E-state index contributed by atoms with van der Waals surface area (Å²) in [6.07, 6.45) is 1.05. The van der Waals surface area contributed by atoms with Gasteiger partial charge in [0.2, 0.25) is 5.95 Å². The zero-order valence-electron chi connectivity index (χ0n) is 12.3. The van der Waals surface area contributed by atoms with Crippen LogP contribution < -0.4 is 5.32 Å². The van der Waals surface area contributed by atoms with Crippen molar-refractivity contribution in [3.8, 4) is 5.69 Å². The van der Waals surface area contributed by atoms with Crippen molar-refractivity contribution in [3.05, 3.63) is 30.3 Å². The first-order valence-corrected chi connectivity index (χ1v) is 6.96. The first-order valence-electron chi connectivity index (χ1n) is 6.96. The third-order valence-electron chi connectivity index (χ3n) is 3.32. The molecule has 0 unspecified atom stereocenters. The molecule has 0 fully saturated rings. The van der Waals surface area contributed by atoms with Gasteiger partial charge in [0.05, 0.1) is 5.69 Å². The molecule has 0 aliphatic heterocycles. The lowest BCUT2D eigenvalue weighted by molar-refractivity contribution is 0.273. The minimum Gasteiger partial charge on any atom is -0.353 e. The van der Waals surface area contributed by atoms with Crippen molar-refractivity contribution < 1.29 is 0 Å². The van der Waals surface area contributed by atoms with E-state index in [1.165, 1.54) is 0 Å². The van der Waals surface area contributed by atoms with Crippen molar-refractivity contribution in [2.75, 3.05) is 25.5 Å². The van der Waals surface area contributed by atoms with Crippen LogP contribution in [0, 0.1) is 0 Å². The Hall–Kier alpha value is -1.95. The summed E-state index contributed by atoms with van der Waals surface area (Å²) in [5.41, 5.74) is 0.958. The van der Waals surface area contributed by atoms with Gasteiger partial charge in [0, 0.05) is 12.6 Å². The second kappa shape index (κ2) is 7.00. The smallest absolute Gasteiger partial charge is 0.247 e. The first-order chi connectivity index (χ1) is 9.68. The van der Waals surface area contributed by atoms with E-state index in [-0.39, 0.29) is 0 Å². The summed E-state index contributed by atoms with van der Waals surface area (Å²) in [5.74, 6) is 0.684. The highest BCUT2D eigenvalue weighted by atomic mass is 15.6. The summed E-state index contributed by atoms with van der Waals surface area (Å²) in [4.78, 5) is 2.32. The summed E-state index contributed by atoms with van der Waals surface area (Å²) in [7, 11) is 2.14. The maximum atomic E-state index is 4.02. The van der Waals surface area contributed by atoms with Crippen LogP contribution >= 0.6 is 0 Å². The van der Waals surface area contributed by atoms with E-state index in [4.69, 9.17) is 0 Å². The molecule has 0 spiro atoms.